The molecule has 1 N–H and O–H groups in total. The first-order chi connectivity index (χ1) is 43.9. The maximum Gasteiger partial charge on any atom is 0.155 e. The third-order valence-electron chi connectivity index (χ3n) is 13.5. The molecule has 0 saturated carbocycles. The minimum absolute atomic E-state index is 0.0707. The van der Waals surface area contributed by atoms with Crippen molar-refractivity contribution in [3.63, 3.8) is 0 Å². The third-order valence-corrected chi connectivity index (χ3v) is 14.7. The summed E-state index contributed by atoms with van der Waals surface area (Å²) in [6, 6.07) is 30.3. The van der Waals surface area contributed by atoms with Gasteiger partial charge >= 0.3 is 0 Å². The summed E-state index contributed by atoms with van der Waals surface area (Å²) in [6.07, 6.45) is 24.9. The first-order valence-corrected chi connectivity index (χ1v) is 33.3. The van der Waals surface area contributed by atoms with Crippen LogP contribution in [0, 0.1) is 0 Å². The summed E-state index contributed by atoms with van der Waals surface area (Å²) in [6.45, 7) is 58.0. The predicted molar refractivity (Wildman–Crippen MR) is 396 cm³/mol. The second-order valence-electron chi connectivity index (χ2n) is 32.0. The van der Waals surface area contributed by atoms with Gasteiger partial charge in [-0.3, -0.25) is 25.0 Å². The molecule has 10 aromatic heterocycles. The average molecular weight is 1310 g/mol. The van der Waals surface area contributed by atoms with E-state index in [-0.39, 0.29) is 43.3 Å². The summed E-state index contributed by atoms with van der Waals surface area (Å²) < 4.78 is 1.77. The number of aromatic nitrogens is 16. The van der Waals surface area contributed by atoms with E-state index in [9.17, 15) is 0 Å². The summed E-state index contributed by atoms with van der Waals surface area (Å²) >= 11 is 1.72. The second kappa shape index (κ2) is 35.9. The van der Waals surface area contributed by atoms with Crippen LogP contribution in [0.25, 0.3) is 16.6 Å². The largest absolute Gasteiger partial charge is 0.276 e. The lowest BCUT2D eigenvalue weighted by atomic mass is 9.87. The molecule has 0 aliphatic rings. The lowest BCUT2D eigenvalue weighted by Crippen LogP contribution is -2.14. The lowest BCUT2D eigenvalue weighted by Gasteiger charge is -2.18. The van der Waals surface area contributed by atoms with Crippen LogP contribution >= 0.6 is 11.3 Å². The van der Waals surface area contributed by atoms with Crippen LogP contribution < -0.4 is 0 Å². The van der Waals surface area contributed by atoms with Gasteiger partial charge in [0.1, 0.15) is 12.2 Å². The number of hydrogen-bond acceptors (Lipinski definition) is 15. The number of thiazole rings is 1. The van der Waals surface area contributed by atoms with Crippen LogP contribution in [0.4, 0.5) is 0 Å². The number of fused-ring (bicyclic) bond motifs is 2. The number of nitrogens with one attached hydrogen (secondary N) is 1. The molecular weight excluding hydrogens is 1190 g/mol. The number of benzene rings is 1. The van der Waals surface area contributed by atoms with E-state index in [0.29, 0.717) is 5.41 Å². The molecule has 0 unspecified atom stereocenters. The van der Waals surface area contributed by atoms with Crippen molar-refractivity contribution in [2.75, 3.05) is 0 Å². The first kappa shape index (κ1) is 80.8. The molecule has 10 heterocycles. The highest BCUT2D eigenvalue weighted by Crippen LogP contribution is 2.26. The highest BCUT2D eigenvalue weighted by Gasteiger charge is 2.20. The molecule has 17 heteroatoms. The molecule has 0 spiro atoms. The van der Waals surface area contributed by atoms with Gasteiger partial charge in [-0.25, -0.2) is 34.4 Å². The molecule has 0 aliphatic heterocycles. The van der Waals surface area contributed by atoms with E-state index in [1.54, 1.807) is 71.8 Å². The number of H-pyrrole nitrogens is 1. The molecule has 16 nitrogen and oxygen atoms in total. The first-order valence-electron chi connectivity index (χ1n) is 32.4. The second-order valence-corrected chi connectivity index (χ2v) is 32.9. The summed E-state index contributed by atoms with van der Waals surface area (Å²) in [7, 11) is 0. The predicted octanol–water partition coefficient (Wildman–Crippen LogP) is 19.2. The zero-order valence-electron chi connectivity index (χ0n) is 62.4. The van der Waals surface area contributed by atoms with Gasteiger partial charge in [0.15, 0.2) is 5.65 Å². The van der Waals surface area contributed by atoms with Crippen molar-refractivity contribution in [3.05, 3.63) is 234 Å². The Balaban J connectivity index is 0.000000279. The number of hydrogen-bond donors (Lipinski definition) is 1. The molecule has 0 radical (unpaired) electrons. The van der Waals surface area contributed by atoms with E-state index in [4.69, 9.17) is 0 Å². The van der Waals surface area contributed by atoms with E-state index < -0.39 is 0 Å². The van der Waals surface area contributed by atoms with Crippen molar-refractivity contribution in [1.29, 1.82) is 0 Å². The Labute approximate surface area is 574 Å². The molecule has 11 rings (SSSR count). The summed E-state index contributed by atoms with van der Waals surface area (Å²) in [5.41, 5.74) is 11.2. The Morgan fingerprint density at radius 1 is 0.368 bits per heavy atom. The lowest BCUT2D eigenvalue weighted by molar-refractivity contribution is 0.545. The summed E-state index contributed by atoms with van der Waals surface area (Å²) in [5, 5.41) is 23.1. The smallest absolute Gasteiger partial charge is 0.155 e. The van der Waals surface area contributed by atoms with Gasteiger partial charge in [0.2, 0.25) is 0 Å². The third kappa shape index (κ3) is 31.1. The fourth-order valence-electron chi connectivity index (χ4n) is 7.63. The van der Waals surface area contributed by atoms with Crippen LogP contribution in [0.5, 0.6) is 0 Å². The topological polar surface area (TPSA) is 201 Å². The molecule has 95 heavy (non-hydrogen) atoms. The van der Waals surface area contributed by atoms with Crippen LogP contribution in [0.1, 0.15) is 237 Å². The highest BCUT2D eigenvalue weighted by atomic mass is 32.1. The van der Waals surface area contributed by atoms with Crippen molar-refractivity contribution >= 4 is 27.9 Å². The number of nitrogens with zero attached hydrogens (tertiary/aromatic N) is 15. The fourth-order valence-corrected chi connectivity index (χ4v) is 8.36. The summed E-state index contributed by atoms with van der Waals surface area (Å²) in [4.78, 5) is 41.8. The van der Waals surface area contributed by atoms with Crippen LogP contribution in [0.3, 0.4) is 0 Å². The molecule has 0 aliphatic carbocycles. The van der Waals surface area contributed by atoms with E-state index in [2.05, 4.69) is 305 Å². The van der Waals surface area contributed by atoms with Gasteiger partial charge in [-0.1, -0.05) is 223 Å². The van der Waals surface area contributed by atoms with Crippen molar-refractivity contribution in [2.24, 2.45) is 0 Å². The van der Waals surface area contributed by atoms with Gasteiger partial charge in [-0.15, -0.1) is 11.3 Å². The van der Waals surface area contributed by atoms with Gasteiger partial charge in [-0.05, 0) is 59.5 Å². The molecular formula is C78H112N16S. The highest BCUT2D eigenvalue weighted by molar-refractivity contribution is 7.09. The molecule has 0 bridgehead atoms. The maximum absolute atomic E-state index is 4.51. The molecule has 0 atom stereocenters. The van der Waals surface area contributed by atoms with Gasteiger partial charge in [0.05, 0.1) is 40.5 Å². The van der Waals surface area contributed by atoms with Crippen molar-refractivity contribution in [1.82, 2.24) is 79.8 Å². The molecule has 0 fully saturated rings. The van der Waals surface area contributed by atoms with Gasteiger partial charge in [0.25, 0.3) is 0 Å². The standard InChI is InChI=1S/2C10H13N3.C10H14.C9H13N.4C8H12N2.C7H11NS/c1-10(2,3)9-4-7-5-12-13-8(7)6-11-9;1-10(2,3)8-5-7-13-9(12-8)4-6-11-13;1-10(2,3)9-7-5-4-6-8-9;1-9(2,3)8-6-4-5-7-10-8;1-8(2,3)7-6-9-4-5-10-7;1-8(2,3)7-4-5-9-6-10-7;1-8(2,3)7-9-5-4-6-10-7;1-8(2,3)7-5-4-6-9-10-7;1-7(2,3)6-8-4-5-9-6/h4-6H,1-3H3,(H,12,13);4-7H,1-3H3;4-8H,1-3H3;4-7H,1-3H3;4*4-6H,1-3H3;4-5H,1-3H3. The number of rotatable bonds is 0. The van der Waals surface area contributed by atoms with Gasteiger partial charge in [-0.2, -0.15) is 20.4 Å². The molecule has 11 aromatic rings. The van der Waals surface area contributed by atoms with Crippen LogP contribution in [-0.2, 0) is 48.7 Å². The van der Waals surface area contributed by atoms with Crippen molar-refractivity contribution in [2.45, 2.75) is 236 Å². The van der Waals surface area contributed by atoms with Crippen LogP contribution in [0.2, 0.25) is 0 Å². The van der Waals surface area contributed by atoms with Crippen molar-refractivity contribution in [3.8, 4) is 0 Å². The van der Waals surface area contributed by atoms with E-state index in [0.717, 1.165) is 56.5 Å². The van der Waals surface area contributed by atoms with Crippen molar-refractivity contribution < 1.29 is 0 Å². The Morgan fingerprint density at radius 3 is 1.34 bits per heavy atom. The molecule has 0 amide bonds. The summed E-state index contributed by atoms with van der Waals surface area (Å²) in [5.74, 6) is 0.898. The van der Waals surface area contributed by atoms with E-state index in [1.807, 2.05) is 84.9 Å². The molecule has 1 aromatic carbocycles. The fraction of sp³-hybridized carbons (Fsp3) is 0.462. The van der Waals surface area contributed by atoms with E-state index >= 15 is 0 Å². The average Bonchev–Trinajstić information content (AvgIpc) is 1.74. The Kier molecular flexibility index (Phi) is 30.5. The monoisotopic (exact) mass is 1300 g/mol. The van der Waals surface area contributed by atoms with Crippen LogP contribution in [-0.4, -0.2) is 79.8 Å². The minimum Gasteiger partial charge on any atom is -0.276 e. The zero-order valence-corrected chi connectivity index (χ0v) is 63.3. The quantitative estimate of drug-likeness (QED) is 0.150. The Hall–Kier alpha value is -8.44. The number of pyridine rings is 2. The zero-order chi connectivity index (χ0) is 71.5. The Morgan fingerprint density at radius 2 is 0.937 bits per heavy atom. The SMILES string of the molecule is CC(C)(C)c1cc2cn[nH]c2cn1.CC(C)(C)c1ccccc1.CC(C)(C)c1ccccn1.CC(C)(C)c1cccnn1.CC(C)(C)c1ccn2nccc2n1.CC(C)(C)c1ccncn1.CC(C)(C)c1cnccn1.CC(C)(C)c1ncccn1.CC(C)(C)c1nccs1. The number of aromatic amines is 1. The molecule has 510 valence electrons. The van der Waals surface area contributed by atoms with Crippen LogP contribution in [0.15, 0.2) is 183 Å². The normalized spacial score (nSPS) is 11.7. The van der Waals surface area contributed by atoms with Gasteiger partial charge < -0.3 is 0 Å². The Bertz CT molecular complexity index is 3330. The molecule has 0 saturated heterocycles. The minimum atomic E-state index is 0.0707. The van der Waals surface area contributed by atoms with Gasteiger partial charge in [0, 0.05) is 145 Å². The maximum atomic E-state index is 4.51. The van der Waals surface area contributed by atoms with E-state index in [1.165, 1.54) is 10.6 Å².